The van der Waals surface area contributed by atoms with Crippen molar-refractivity contribution < 1.29 is 4.79 Å². The van der Waals surface area contributed by atoms with E-state index in [0.29, 0.717) is 5.56 Å². The van der Waals surface area contributed by atoms with Crippen molar-refractivity contribution in [2.24, 2.45) is 14.1 Å². The van der Waals surface area contributed by atoms with Crippen LogP contribution >= 0.6 is 11.6 Å². The van der Waals surface area contributed by atoms with Gasteiger partial charge in [0, 0.05) is 33.4 Å². The van der Waals surface area contributed by atoms with E-state index in [9.17, 15) is 14.4 Å². The molecular formula is C24H27ClN8O3. The van der Waals surface area contributed by atoms with Crippen LogP contribution in [0.2, 0.25) is 5.28 Å². The molecule has 1 aromatic carbocycles. The van der Waals surface area contributed by atoms with Gasteiger partial charge in [-0.25, -0.2) is 4.79 Å². The Balaban J connectivity index is 0.000000187. The number of aryl methyl sites for hydroxylation is 1. The highest BCUT2D eigenvalue weighted by molar-refractivity contribution is 6.29. The zero-order chi connectivity index (χ0) is 26.0. The molecule has 36 heavy (non-hydrogen) atoms. The topological polar surface area (TPSA) is 121 Å². The number of aromatic amines is 1. The summed E-state index contributed by atoms with van der Waals surface area (Å²) in [5, 5.41) is 3.16. The number of anilines is 1. The van der Waals surface area contributed by atoms with Gasteiger partial charge in [0.25, 0.3) is 11.5 Å². The highest BCUT2D eigenvalue weighted by Gasteiger charge is 2.31. The number of pyridine rings is 1. The van der Waals surface area contributed by atoms with Crippen molar-refractivity contribution in [3.05, 3.63) is 86.0 Å². The summed E-state index contributed by atoms with van der Waals surface area (Å²) in [5.41, 5.74) is 2.18. The SMILES string of the molecule is CN(C)CCN1c2ccccc2C(=O)NC1c1ccccn1.Cn1c(=O)c2[nH]c(Cl)nc2n(C)c1=O. The summed E-state index contributed by atoms with van der Waals surface area (Å²) in [4.78, 5) is 50.5. The second-order valence-corrected chi connectivity index (χ2v) is 8.93. The van der Waals surface area contributed by atoms with E-state index in [0.717, 1.165) is 29.0 Å². The van der Waals surface area contributed by atoms with Crippen LogP contribution in [0.1, 0.15) is 22.2 Å². The molecule has 1 aliphatic rings. The van der Waals surface area contributed by atoms with E-state index in [4.69, 9.17) is 11.6 Å². The van der Waals surface area contributed by atoms with Crippen LogP contribution in [0.4, 0.5) is 5.69 Å². The third kappa shape index (κ3) is 4.88. The number of H-pyrrole nitrogens is 1. The van der Waals surface area contributed by atoms with Gasteiger partial charge >= 0.3 is 5.69 Å². The lowest BCUT2D eigenvalue weighted by Gasteiger charge is -2.39. The molecule has 12 heteroatoms. The number of imidazole rings is 1. The number of halogens is 1. The van der Waals surface area contributed by atoms with Gasteiger partial charge in [0.2, 0.25) is 5.28 Å². The molecule has 0 aliphatic carbocycles. The van der Waals surface area contributed by atoms with Crippen LogP contribution in [0.3, 0.4) is 0 Å². The van der Waals surface area contributed by atoms with Crippen LogP contribution in [-0.4, -0.2) is 62.1 Å². The summed E-state index contributed by atoms with van der Waals surface area (Å²) < 4.78 is 2.26. The van der Waals surface area contributed by atoms with Crippen molar-refractivity contribution in [2.75, 3.05) is 32.1 Å². The number of likely N-dealkylation sites (N-methyl/N-ethyl adjacent to an activating group) is 1. The molecule has 0 spiro atoms. The smallest absolute Gasteiger partial charge is 0.332 e. The summed E-state index contributed by atoms with van der Waals surface area (Å²) in [5.74, 6) is -0.0487. The average Bonchev–Trinajstić information content (AvgIpc) is 3.28. The maximum atomic E-state index is 12.4. The fourth-order valence-corrected chi connectivity index (χ4v) is 4.14. The molecule has 0 fully saturated rings. The van der Waals surface area contributed by atoms with Gasteiger partial charge in [-0.3, -0.25) is 23.7 Å². The first kappa shape index (κ1) is 25.1. The Morgan fingerprint density at radius 1 is 1.03 bits per heavy atom. The molecule has 0 bridgehead atoms. The Kier molecular flexibility index (Phi) is 7.22. The second kappa shape index (κ2) is 10.3. The number of hydrogen-bond acceptors (Lipinski definition) is 7. The van der Waals surface area contributed by atoms with Crippen LogP contribution in [0, 0.1) is 0 Å². The highest BCUT2D eigenvalue weighted by atomic mass is 35.5. The van der Waals surface area contributed by atoms with Crippen molar-refractivity contribution in [3.63, 3.8) is 0 Å². The predicted molar refractivity (Wildman–Crippen MR) is 138 cm³/mol. The number of carbonyl (C=O) groups excluding carboxylic acids is 1. The second-order valence-electron chi connectivity index (χ2n) is 8.58. The van der Waals surface area contributed by atoms with Crippen LogP contribution < -0.4 is 21.5 Å². The van der Waals surface area contributed by atoms with Crippen LogP contribution in [0.25, 0.3) is 11.2 Å². The first-order chi connectivity index (χ1) is 17.2. The molecule has 2 N–H and O–H groups in total. The Bertz CT molecular complexity index is 1510. The number of nitrogens with zero attached hydrogens (tertiary/aromatic N) is 6. The van der Waals surface area contributed by atoms with Crippen LogP contribution in [0.15, 0.2) is 58.3 Å². The van der Waals surface area contributed by atoms with Gasteiger partial charge in [0.05, 0.1) is 16.9 Å². The van der Waals surface area contributed by atoms with E-state index >= 15 is 0 Å². The Morgan fingerprint density at radius 2 is 1.75 bits per heavy atom. The summed E-state index contributed by atoms with van der Waals surface area (Å²) in [6, 6.07) is 13.5. The first-order valence-electron chi connectivity index (χ1n) is 11.2. The molecule has 188 valence electrons. The molecule has 1 atom stereocenters. The molecule has 1 amide bonds. The van der Waals surface area contributed by atoms with Gasteiger partial charge in [-0.2, -0.15) is 4.98 Å². The minimum absolute atomic E-state index is 0.0487. The van der Waals surface area contributed by atoms with Crippen molar-refractivity contribution in [2.45, 2.75) is 6.17 Å². The van der Waals surface area contributed by atoms with Crippen molar-refractivity contribution in [1.29, 1.82) is 0 Å². The lowest BCUT2D eigenvalue weighted by Crippen LogP contribution is -2.48. The fourth-order valence-electron chi connectivity index (χ4n) is 3.96. The predicted octanol–water partition coefficient (Wildman–Crippen LogP) is 1.51. The van der Waals surface area contributed by atoms with E-state index in [1.54, 1.807) is 6.20 Å². The molecule has 5 rings (SSSR count). The number of amides is 1. The summed E-state index contributed by atoms with van der Waals surface area (Å²) >= 11 is 5.60. The zero-order valence-corrected chi connectivity index (χ0v) is 21.2. The van der Waals surface area contributed by atoms with E-state index in [-0.39, 0.29) is 28.5 Å². The monoisotopic (exact) mass is 510 g/mol. The van der Waals surface area contributed by atoms with Crippen molar-refractivity contribution >= 4 is 34.4 Å². The maximum Gasteiger partial charge on any atom is 0.332 e. The van der Waals surface area contributed by atoms with Gasteiger partial charge in [0.15, 0.2) is 11.2 Å². The number of para-hydroxylation sites is 1. The molecule has 3 aromatic heterocycles. The van der Waals surface area contributed by atoms with Gasteiger partial charge in [-0.15, -0.1) is 0 Å². The van der Waals surface area contributed by atoms with Gasteiger partial charge in [-0.05, 0) is 50.0 Å². The minimum atomic E-state index is -0.428. The fraction of sp³-hybridized carbons (Fsp3) is 0.292. The molecule has 0 saturated heterocycles. The first-order valence-corrected chi connectivity index (χ1v) is 11.6. The molecule has 1 unspecified atom stereocenters. The number of hydrogen-bond donors (Lipinski definition) is 2. The van der Waals surface area contributed by atoms with Gasteiger partial charge in [-0.1, -0.05) is 18.2 Å². The molecule has 0 saturated carbocycles. The summed E-state index contributed by atoms with van der Waals surface area (Å²) in [6.45, 7) is 1.71. The summed E-state index contributed by atoms with van der Waals surface area (Å²) in [7, 11) is 7.02. The van der Waals surface area contributed by atoms with E-state index in [1.165, 1.54) is 18.7 Å². The standard InChI is InChI=1S/C17H20N4O.C7H7ClN4O2/c1-20(2)11-12-21-15-9-4-3-7-13(15)17(22)19-16(21)14-8-5-6-10-18-14;1-11-4-3(9-6(8)10-4)5(13)12(2)7(11)14/h3-10,16H,11-12H2,1-2H3,(H,19,22);1-2H3,(H,9,10). The zero-order valence-electron chi connectivity index (χ0n) is 20.4. The lowest BCUT2D eigenvalue weighted by molar-refractivity contribution is 0.0925. The Hall–Kier alpha value is -3.96. The van der Waals surface area contributed by atoms with Gasteiger partial charge < -0.3 is 20.1 Å². The van der Waals surface area contributed by atoms with E-state index < -0.39 is 11.2 Å². The largest absolute Gasteiger partial charge is 0.344 e. The Labute approximate surface area is 212 Å². The van der Waals surface area contributed by atoms with Gasteiger partial charge in [0.1, 0.15) is 6.17 Å². The van der Waals surface area contributed by atoms with Crippen molar-refractivity contribution in [3.8, 4) is 0 Å². The number of benzene rings is 1. The number of rotatable bonds is 4. The number of aromatic nitrogens is 5. The van der Waals surface area contributed by atoms with E-state index in [2.05, 4.69) is 30.1 Å². The molecule has 4 aromatic rings. The molecule has 4 heterocycles. The molecule has 1 aliphatic heterocycles. The molecule has 11 nitrogen and oxygen atoms in total. The summed E-state index contributed by atoms with van der Waals surface area (Å²) in [6.07, 6.45) is 1.52. The molecule has 0 radical (unpaired) electrons. The number of nitrogens with one attached hydrogen (secondary N) is 2. The van der Waals surface area contributed by atoms with E-state index in [1.807, 2.05) is 56.6 Å². The number of carbonyl (C=O) groups is 1. The Morgan fingerprint density at radius 3 is 2.44 bits per heavy atom. The third-order valence-electron chi connectivity index (χ3n) is 5.86. The van der Waals surface area contributed by atoms with Crippen LogP contribution in [0.5, 0.6) is 0 Å². The minimum Gasteiger partial charge on any atom is -0.344 e. The number of fused-ring (bicyclic) bond motifs is 2. The molecular weight excluding hydrogens is 484 g/mol. The maximum absolute atomic E-state index is 12.4. The average molecular weight is 511 g/mol. The van der Waals surface area contributed by atoms with Crippen molar-refractivity contribution in [1.82, 2.24) is 34.3 Å². The lowest BCUT2D eigenvalue weighted by atomic mass is 10.1. The normalized spacial score (nSPS) is 14.9. The third-order valence-corrected chi connectivity index (χ3v) is 6.04. The van der Waals surface area contributed by atoms with Crippen LogP contribution in [-0.2, 0) is 14.1 Å². The quantitative estimate of drug-likeness (QED) is 0.399. The highest BCUT2D eigenvalue weighted by Crippen LogP contribution is 2.31.